The predicted octanol–water partition coefficient (Wildman–Crippen LogP) is 1.32. The fourth-order valence-corrected chi connectivity index (χ4v) is 2.34. The average molecular weight is 318 g/mol. The van der Waals surface area contributed by atoms with E-state index in [2.05, 4.69) is 15.6 Å². The number of amides is 1. The van der Waals surface area contributed by atoms with E-state index in [1.54, 1.807) is 13.1 Å². The predicted molar refractivity (Wildman–Crippen MR) is 81.0 cm³/mol. The summed E-state index contributed by atoms with van der Waals surface area (Å²) in [5, 5.41) is 21.0. The van der Waals surface area contributed by atoms with Gasteiger partial charge < -0.3 is 10.4 Å². The minimum atomic E-state index is -1.27. The van der Waals surface area contributed by atoms with Crippen LogP contribution in [0, 0.1) is 5.82 Å². The number of aromatic nitrogens is 3. The molecule has 1 atom stereocenters. The number of benzene rings is 1. The number of aliphatic hydroxyl groups is 1. The number of nitrogens with one attached hydrogen (secondary N) is 1. The Labute approximate surface area is 133 Å². The first-order chi connectivity index (χ1) is 10.9. The van der Waals surface area contributed by atoms with E-state index in [4.69, 9.17) is 0 Å². The fraction of sp³-hybridized carbons (Fsp3) is 0.438. The molecule has 2 N–H and O–H groups in total. The van der Waals surface area contributed by atoms with Crippen molar-refractivity contribution in [3.8, 4) is 0 Å². The van der Waals surface area contributed by atoms with Crippen LogP contribution in [0.1, 0.15) is 36.9 Å². The molecule has 1 heterocycles. The van der Waals surface area contributed by atoms with Gasteiger partial charge in [0, 0.05) is 12.1 Å². The molecule has 1 aromatic carbocycles. The maximum absolute atomic E-state index is 12.9. The van der Waals surface area contributed by atoms with Gasteiger partial charge in [0.1, 0.15) is 18.0 Å². The van der Waals surface area contributed by atoms with Crippen LogP contribution in [0.2, 0.25) is 0 Å². The Morgan fingerprint density at radius 2 is 2.13 bits per heavy atom. The largest absolute Gasteiger partial charge is 0.384 e. The lowest BCUT2D eigenvalue weighted by Crippen LogP contribution is -2.40. The van der Waals surface area contributed by atoms with Crippen molar-refractivity contribution in [2.24, 2.45) is 0 Å². The normalized spacial score (nSPS) is 16.8. The third-order valence-electron chi connectivity index (χ3n) is 3.95. The van der Waals surface area contributed by atoms with Crippen molar-refractivity contribution in [1.29, 1.82) is 0 Å². The van der Waals surface area contributed by atoms with Gasteiger partial charge in [0.2, 0.25) is 5.91 Å². The molecule has 1 saturated carbocycles. The second-order valence-electron chi connectivity index (χ2n) is 6.17. The Bertz CT molecular complexity index is 692. The minimum absolute atomic E-state index is 0.0294. The molecule has 0 radical (unpaired) electrons. The number of carbonyl (C=O) groups excluding carboxylic acids is 1. The van der Waals surface area contributed by atoms with Crippen LogP contribution < -0.4 is 5.32 Å². The Morgan fingerprint density at radius 3 is 2.78 bits per heavy atom. The zero-order chi connectivity index (χ0) is 16.4. The highest BCUT2D eigenvalue weighted by molar-refractivity contribution is 5.75. The van der Waals surface area contributed by atoms with E-state index in [1.165, 1.54) is 28.9 Å². The summed E-state index contributed by atoms with van der Waals surface area (Å²) in [6.07, 6.45) is 4.05. The zero-order valence-corrected chi connectivity index (χ0v) is 12.9. The van der Waals surface area contributed by atoms with E-state index in [0.717, 1.165) is 18.5 Å². The van der Waals surface area contributed by atoms with Gasteiger partial charge >= 0.3 is 0 Å². The Hall–Kier alpha value is -2.28. The highest BCUT2D eigenvalue weighted by atomic mass is 19.1. The lowest BCUT2D eigenvalue weighted by atomic mass is 9.96. The van der Waals surface area contributed by atoms with Crippen molar-refractivity contribution < 1.29 is 14.3 Å². The summed E-state index contributed by atoms with van der Waals surface area (Å²) in [5.41, 5.74) is 0.192. The monoisotopic (exact) mass is 318 g/mol. The first-order valence-corrected chi connectivity index (χ1v) is 7.59. The van der Waals surface area contributed by atoms with Crippen molar-refractivity contribution in [2.45, 2.75) is 37.8 Å². The first-order valence-electron chi connectivity index (χ1n) is 7.59. The van der Waals surface area contributed by atoms with E-state index in [1.807, 2.05) is 0 Å². The van der Waals surface area contributed by atoms with Crippen LogP contribution in [0.4, 0.5) is 4.39 Å². The molecule has 122 valence electrons. The highest BCUT2D eigenvalue weighted by Crippen LogP contribution is 2.38. The van der Waals surface area contributed by atoms with Crippen LogP contribution in [0.15, 0.2) is 30.5 Å². The lowest BCUT2D eigenvalue weighted by Gasteiger charge is -2.24. The molecular weight excluding hydrogens is 299 g/mol. The summed E-state index contributed by atoms with van der Waals surface area (Å²) < 4.78 is 14.4. The molecule has 1 unspecified atom stereocenters. The smallest absolute Gasteiger partial charge is 0.241 e. The van der Waals surface area contributed by atoms with Crippen LogP contribution in [0.3, 0.4) is 0 Å². The summed E-state index contributed by atoms with van der Waals surface area (Å²) in [6.45, 7) is 1.65. The summed E-state index contributed by atoms with van der Waals surface area (Å²) in [6, 6.07) is 5.56. The summed E-state index contributed by atoms with van der Waals surface area (Å²) in [7, 11) is 0. The zero-order valence-electron chi connectivity index (χ0n) is 12.9. The maximum Gasteiger partial charge on any atom is 0.241 e. The Morgan fingerprint density at radius 1 is 1.43 bits per heavy atom. The summed E-state index contributed by atoms with van der Waals surface area (Å²) in [5.74, 6) is -0.142. The molecule has 1 aliphatic rings. The standard InChI is InChI=1S/C16H19FN4O2/c1-16(23,12-4-6-13(17)7-5-12)10-18-15(22)9-21-8-14(19-20-21)11-2-3-11/h4-8,11,23H,2-3,9-10H2,1H3,(H,18,22). The molecule has 1 amide bonds. The summed E-state index contributed by atoms with van der Waals surface area (Å²) >= 11 is 0. The van der Waals surface area contributed by atoms with Gasteiger partial charge in [0.25, 0.3) is 0 Å². The SMILES string of the molecule is CC(O)(CNC(=O)Cn1cc(C2CC2)nn1)c1ccc(F)cc1. The van der Waals surface area contributed by atoms with Crippen molar-refractivity contribution in [3.05, 3.63) is 47.5 Å². The van der Waals surface area contributed by atoms with Crippen LogP contribution >= 0.6 is 0 Å². The third kappa shape index (κ3) is 3.92. The molecule has 2 aromatic rings. The Kier molecular flexibility index (Phi) is 4.12. The van der Waals surface area contributed by atoms with Crippen molar-refractivity contribution >= 4 is 5.91 Å². The van der Waals surface area contributed by atoms with Crippen molar-refractivity contribution in [2.75, 3.05) is 6.54 Å². The van der Waals surface area contributed by atoms with E-state index in [-0.39, 0.29) is 24.8 Å². The van der Waals surface area contributed by atoms with Gasteiger partial charge in [-0.05, 0) is 37.5 Å². The van der Waals surface area contributed by atoms with Gasteiger partial charge in [-0.3, -0.25) is 4.79 Å². The van der Waals surface area contributed by atoms with Crippen molar-refractivity contribution in [1.82, 2.24) is 20.3 Å². The summed E-state index contributed by atoms with van der Waals surface area (Å²) in [4.78, 5) is 12.0. The van der Waals surface area contributed by atoms with Gasteiger partial charge in [0.15, 0.2) is 0 Å². The number of carbonyl (C=O) groups is 1. The quantitative estimate of drug-likeness (QED) is 0.842. The van der Waals surface area contributed by atoms with E-state index >= 15 is 0 Å². The molecule has 6 nitrogen and oxygen atoms in total. The molecule has 0 aliphatic heterocycles. The Balaban J connectivity index is 1.53. The van der Waals surface area contributed by atoms with Crippen LogP contribution in [0.25, 0.3) is 0 Å². The topological polar surface area (TPSA) is 80.0 Å². The van der Waals surface area contributed by atoms with Crippen LogP contribution in [-0.2, 0) is 16.9 Å². The van der Waals surface area contributed by atoms with Gasteiger partial charge in [-0.25, -0.2) is 9.07 Å². The maximum atomic E-state index is 12.9. The molecule has 1 aliphatic carbocycles. The number of hydrogen-bond donors (Lipinski definition) is 2. The number of halogens is 1. The number of rotatable bonds is 6. The molecule has 7 heteroatoms. The molecule has 23 heavy (non-hydrogen) atoms. The number of nitrogens with zero attached hydrogens (tertiary/aromatic N) is 3. The molecule has 3 rings (SSSR count). The molecule has 1 fully saturated rings. The van der Waals surface area contributed by atoms with Crippen molar-refractivity contribution in [3.63, 3.8) is 0 Å². The lowest BCUT2D eigenvalue weighted by molar-refractivity contribution is -0.123. The van der Waals surface area contributed by atoms with Gasteiger partial charge in [0.05, 0.1) is 12.2 Å². The second kappa shape index (κ2) is 6.08. The van der Waals surface area contributed by atoms with Gasteiger partial charge in [-0.15, -0.1) is 5.10 Å². The van der Waals surface area contributed by atoms with Crippen LogP contribution in [0.5, 0.6) is 0 Å². The van der Waals surface area contributed by atoms with Crippen LogP contribution in [-0.4, -0.2) is 32.6 Å². The second-order valence-corrected chi connectivity index (χ2v) is 6.17. The first kappa shape index (κ1) is 15.6. The minimum Gasteiger partial charge on any atom is -0.384 e. The molecule has 0 saturated heterocycles. The molecular formula is C16H19FN4O2. The van der Waals surface area contributed by atoms with Gasteiger partial charge in [-0.1, -0.05) is 17.3 Å². The van der Waals surface area contributed by atoms with E-state index in [0.29, 0.717) is 11.5 Å². The molecule has 1 aromatic heterocycles. The average Bonchev–Trinajstić information content (AvgIpc) is 3.26. The van der Waals surface area contributed by atoms with E-state index in [9.17, 15) is 14.3 Å². The highest BCUT2D eigenvalue weighted by Gasteiger charge is 2.27. The third-order valence-corrected chi connectivity index (χ3v) is 3.95. The molecule has 0 bridgehead atoms. The fourth-order valence-electron chi connectivity index (χ4n) is 2.34. The molecule has 0 spiro atoms. The van der Waals surface area contributed by atoms with Gasteiger partial charge in [-0.2, -0.15) is 0 Å². The number of hydrogen-bond acceptors (Lipinski definition) is 4. The van der Waals surface area contributed by atoms with E-state index < -0.39 is 5.60 Å².